The van der Waals surface area contributed by atoms with Crippen LogP contribution < -0.4 is 5.32 Å². The van der Waals surface area contributed by atoms with E-state index in [1.54, 1.807) is 0 Å². The number of carbonyl (C=O) groups is 1. The molecular weight excluding hydrogens is 202 g/mol. The van der Waals surface area contributed by atoms with Crippen LogP contribution in [0.3, 0.4) is 0 Å². The molecule has 4 heteroatoms. The van der Waals surface area contributed by atoms with Gasteiger partial charge in [-0.2, -0.15) is 5.26 Å². The molecule has 88 valence electrons. The lowest BCUT2D eigenvalue weighted by atomic mass is 10.00. The van der Waals surface area contributed by atoms with Gasteiger partial charge in [-0.25, -0.2) is 4.79 Å². The van der Waals surface area contributed by atoms with Gasteiger partial charge in [0.05, 0.1) is 6.07 Å². The lowest BCUT2D eigenvalue weighted by molar-refractivity contribution is 0.171. The fourth-order valence-electron chi connectivity index (χ4n) is 2.12. The zero-order chi connectivity index (χ0) is 11.5. The SMILES string of the molecule is CC1CCN(C(=O)NC(C#N)C2CC2)CC1. The van der Waals surface area contributed by atoms with E-state index in [1.165, 1.54) is 0 Å². The van der Waals surface area contributed by atoms with Gasteiger partial charge in [-0.05, 0) is 37.5 Å². The van der Waals surface area contributed by atoms with Crippen molar-refractivity contribution in [3.63, 3.8) is 0 Å². The van der Waals surface area contributed by atoms with Gasteiger partial charge in [-0.3, -0.25) is 0 Å². The van der Waals surface area contributed by atoms with Gasteiger partial charge in [-0.15, -0.1) is 0 Å². The van der Waals surface area contributed by atoms with E-state index in [-0.39, 0.29) is 12.1 Å². The minimum Gasteiger partial charge on any atom is -0.325 e. The van der Waals surface area contributed by atoms with Crippen molar-refractivity contribution >= 4 is 6.03 Å². The van der Waals surface area contributed by atoms with Crippen LogP contribution in [-0.2, 0) is 0 Å². The number of rotatable bonds is 2. The Morgan fingerprint density at radius 1 is 1.38 bits per heavy atom. The molecule has 1 heterocycles. The van der Waals surface area contributed by atoms with E-state index in [0.29, 0.717) is 5.92 Å². The molecule has 1 aliphatic carbocycles. The molecule has 2 rings (SSSR count). The monoisotopic (exact) mass is 221 g/mol. The molecule has 0 aromatic heterocycles. The maximum atomic E-state index is 11.9. The molecule has 0 aromatic carbocycles. The predicted molar refractivity (Wildman–Crippen MR) is 60.6 cm³/mol. The van der Waals surface area contributed by atoms with E-state index in [2.05, 4.69) is 18.3 Å². The number of carbonyl (C=O) groups excluding carboxylic acids is 1. The summed E-state index contributed by atoms with van der Waals surface area (Å²) in [7, 11) is 0. The summed E-state index contributed by atoms with van der Waals surface area (Å²) < 4.78 is 0. The van der Waals surface area contributed by atoms with Gasteiger partial charge in [0.1, 0.15) is 6.04 Å². The molecule has 0 bridgehead atoms. The number of nitriles is 1. The van der Waals surface area contributed by atoms with Crippen molar-refractivity contribution in [1.82, 2.24) is 10.2 Å². The van der Waals surface area contributed by atoms with E-state index >= 15 is 0 Å². The molecule has 4 nitrogen and oxygen atoms in total. The molecule has 2 aliphatic rings. The number of hydrogen-bond acceptors (Lipinski definition) is 2. The van der Waals surface area contributed by atoms with Crippen molar-refractivity contribution in [3.8, 4) is 6.07 Å². The summed E-state index contributed by atoms with van der Waals surface area (Å²) >= 11 is 0. The average Bonchev–Trinajstić information content (AvgIpc) is 3.10. The molecule has 0 radical (unpaired) electrons. The number of urea groups is 1. The zero-order valence-corrected chi connectivity index (χ0v) is 9.78. The number of nitrogens with one attached hydrogen (secondary N) is 1. The quantitative estimate of drug-likeness (QED) is 0.772. The topological polar surface area (TPSA) is 56.1 Å². The lowest BCUT2D eigenvalue weighted by Crippen LogP contribution is -2.47. The van der Waals surface area contributed by atoms with Gasteiger partial charge in [0.25, 0.3) is 0 Å². The second kappa shape index (κ2) is 4.73. The normalized spacial score (nSPS) is 23.6. The van der Waals surface area contributed by atoms with Gasteiger partial charge < -0.3 is 10.2 Å². The molecular formula is C12H19N3O. The van der Waals surface area contributed by atoms with Crippen LogP contribution in [0.2, 0.25) is 0 Å². The number of amides is 2. The number of hydrogen-bond donors (Lipinski definition) is 1. The van der Waals surface area contributed by atoms with Crippen molar-refractivity contribution in [2.24, 2.45) is 11.8 Å². The predicted octanol–water partition coefficient (Wildman–Crippen LogP) is 1.73. The van der Waals surface area contributed by atoms with E-state index in [0.717, 1.165) is 44.7 Å². The fraction of sp³-hybridized carbons (Fsp3) is 0.833. The highest BCUT2D eigenvalue weighted by Gasteiger charge is 2.33. The Hall–Kier alpha value is -1.24. The summed E-state index contributed by atoms with van der Waals surface area (Å²) in [6, 6.07) is 1.86. The van der Waals surface area contributed by atoms with Crippen LogP contribution in [0.15, 0.2) is 0 Å². The van der Waals surface area contributed by atoms with Crippen LogP contribution in [0.25, 0.3) is 0 Å². The number of likely N-dealkylation sites (tertiary alicyclic amines) is 1. The zero-order valence-electron chi connectivity index (χ0n) is 9.78. The van der Waals surface area contributed by atoms with E-state index in [9.17, 15) is 4.79 Å². The molecule has 2 fully saturated rings. The second-order valence-electron chi connectivity index (χ2n) is 5.06. The molecule has 1 saturated carbocycles. The van der Waals surface area contributed by atoms with Crippen LogP contribution >= 0.6 is 0 Å². The van der Waals surface area contributed by atoms with Crippen molar-refractivity contribution in [2.75, 3.05) is 13.1 Å². The molecule has 0 aromatic rings. The third-order valence-electron chi connectivity index (χ3n) is 3.58. The van der Waals surface area contributed by atoms with E-state index < -0.39 is 0 Å². The van der Waals surface area contributed by atoms with Gasteiger partial charge >= 0.3 is 6.03 Å². The molecule has 16 heavy (non-hydrogen) atoms. The Balaban J connectivity index is 1.81. The maximum Gasteiger partial charge on any atom is 0.318 e. The highest BCUT2D eigenvalue weighted by molar-refractivity contribution is 5.75. The van der Waals surface area contributed by atoms with Gasteiger partial charge in [0.2, 0.25) is 0 Å². The van der Waals surface area contributed by atoms with Gasteiger partial charge in [0, 0.05) is 13.1 Å². The van der Waals surface area contributed by atoms with E-state index in [4.69, 9.17) is 5.26 Å². The van der Waals surface area contributed by atoms with Crippen LogP contribution in [-0.4, -0.2) is 30.1 Å². The van der Waals surface area contributed by atoms with E-state index in [1.807, 2.05) is 4.90 Å². The molecule has 2 amide bonds. The average molecular weight is 221 g/mol. The second-order valence-corrected chi connectivity index (χ2v) is 5.06. The van der Waals surface area contributed by atoms with Crippen LogP contribution in [0.1, 0.15) is 32.6 Å². The first kappa shape index (κ1) is 11.3. The van der Waals surface area contributed by atoms with Crippen molar-refractivity contribution in [2.45, 2.75) is 38.6 Å². The molecule has 1 atom stereocenters. The summed E-state index contributed by atoms with van der Waals surface area (Å²) in [6.07, 6.45) is 4.31. The Bertz CT molecular complexity index is 298. The molecule has 1 aliphatic heterocycles. The van der Waals surface area contributed by atoms with Crippen LogP contribution in [0, 0.1) is 23.2 Å². The van der Waals surface area contributed by atoms with Gasteiger partial charge in [-0.1, -0.05) is 6.92 Å². The standard InChI is InChI=1S/C12H19N3O/c1-9-4-6-15(7-5-9)12(16)14-11(8-13)10-2-3-10/h9-11H,2-7H2,1H3,(H,14,16). The number of nitrogens with zero attached hydrogens (tertiary/aromatic N) is 2. The molecule has 1 saturated heterocycles. The molecule has 0 spiro atoms. The Morgan fingerprint density at radius 2 is 2.00 bits per heavy atom. The summed E-state index contributed by atoms with van der Waals surface area (Å²) in [4.78, 5) is 13.7. The first-order valence-electron chi connectivity index (χ1n) is 6.15. The third kappa shape index (κ3) is 2.66. The minimum atomic E-state index is -0.271. The summed E-state index contributed by atoms with van der Waals surface area (Å²) in [5.41, 5.74) is 0. The van der Waals surface area contributed by atoms with Crippen molar-refractivity contribution in [1.29, 1.82) is 5.26 Å². The summed E-state index contributed by atoms with van der Waals surface area (Å²) in [5.74, 6) is 1.12. The molecule has 1 unspecified atom stereocenters. The van der Waals surface area contributed by atoms with Gasteiger partial charge in [0.15, 0.2) is 0 Å². The van der Waals surface area contributed by atoms with Crippen LogP contribution in [0.4, 0.5) is 4.79 Å². The maximum absolute atomic E-state index is 11.9. The number of piperidine rings is 1. The fourth-order valence-corrected chi connectivity index (χ4v) is 2.12. The third-order valence-corrected chi connectivity index (χ3v) is 3.58. The van der Waals surface area contributed by atoms with Crippen molar-refractivity contribution < 1.29 is 4.79 Å². The smallest absolute Gasteiger partial charge is 0.318 e. The van der Waals surface area contributed by atoms with Crippen molar-refractivity contribution in [3.05, 3.63) is 0 Å². The first-order valence-corrected chi connectivity index (χ1v) is 6.15. The summed E-state index contributed by atoms with van der Waals surface area (Å²) in [5, 5.41) is 11.8. The highest BCUT2D eigenvalue weighted by Crippen LogP contribution is 2.32. The highest BCUT2D eigenvalue weighted by atomic mass is 16.2. The molecule has 1 N–H and O–H groups in total. The summed E-state index contributed by atoms with van der Waals surface area (Å²) in [6.45, 7) is 3.88. The Kier molecular flexibility index (Phi) is 3.33. The first-order chi connectivity index (χ1) is 7.70. The Morgan fingerprint density at radius 3 is 2.50 bits per heavy atom. The lowest BCUT2D eigenvalue weighted by Gasteiger charge is -2.31. The Labute approximate surface area is 96.6 Å². The van der Waals surface area contributed by atoms with Crippen LogP contribution in [0.5, 0.6) is 0 Å². The largest absolute Gasteiger partial charge is 0.325 e. The minimum absolute atomic E-state index is 0.0506.